The fourth-order valence-corrected chi connectivity index (χ4v) is 3.74. The molecule has 0 bridgehead atoms. The van der Waals surface area contributed by atoms with E-state index in [1.165, 1.54) is 0 Å². The van der Waals surface area contributed by atoms with Crippen LogP contribution in [0.15, 0.2) is 42.6 Å². The molecule has 4 rings (SSSR count). The molecule has 148 valence electrons. The van der Waals surface area contributed by atoms with Crippen LogP contribution in [-0.4, -0.2) is 22.5 Å². The van der Waals surface area contributed by atoms with Gasteiger partial charge in [0.05, 0.1) is 16.9 Å². The second kappa shape index (κ2) is 7.99. The summed E-state index contributed by atoms with van der Waals surface area (Å²) in [5.74, 6) is -0.0548. The van der Waals surface area contributed by atoms with Crippen molar-refractivity contribution in [2.24, 2.45) is 5.73 Å². The van der Waals surface area contributed by atoms with E-state index in [4.69, 9.17) is 45.9 Å². The van der Waals surface area contributed by atoms with Gasteiger partial charge < -0.3 is 21.4 Å². The zero-order valence-corrected chi connectivity index (χ0v) is 17.4. The molecule has 2 heterocycles. The fraction of sp³-hybridized carbons (Fsp3) is 0.100. The zero-order valence-electron chi connectivity index (χ0n) is 15.1. The Morgan fingerprint density at radius 3 is 2.66 bits per heavy atom. The number of nitrogens with two attached hydrogens (primary N) is 1. The van der Waals surface area contributed by atoms with Crippen molar-refractivity contribution in [1.29, 1.82) is 5.41 Å². The third-order valence-corrected chi connectivity index (χ3v) is 5.47. The number of aromatic nitrogens is 2. The van der Waals surface area contributed by atoms with Crippen molar-refractivity contribution in [3.8, 4) is 0 Å². The van der Waals surface area contributed by atoms with Crippen LogP contribution in [0.1, 0.15) is 5.56 Å². The number of nitrogens with zero attached hydrogens (tertiary/aromatic N) is 1. The SMILES string of the molecule is N=C(N)NCCc1cc(Nc2cnc(Cl)c(Cl)c2)cc2c1[nH]c1ccc(Cl)cc12. The fourth-order valence-electron chi connectivity index (χ4n) is 3.30. The monoisotopic (exact) mass is 446 g/mol. The smallest absolute Gasteiger partial charge is 0.185 e. The summed E-state index contributed by atoms with van der Waals surface area (Å²) in [5.41, 5.74) is 10.1. The Kier molecular flexibility index (Phi) is 5.41. The molecule has 0 saturated carbocycles. The van der Waals surface area contributed by atoms with Crippen LogP contribution >= 0.6 is 34.8 Å². The highest BCUT2D eigenvalue weighted by atomic mass is 35.5. The first-order valence-corrected chi connectivity index (χ1v) is 9.94. The molecule has 0 unspecified atom stereocenters. The first-order valence-electron chi connectivity index (χ1n) is 8.80. The highest BCUT2D eigenvalue weighted by Crippen LogP contribution is 2.34. The Morgan fingerprint density at radius 2 is 1.90 bits per heavy atom. The minimum Gasteiger partial charge on any atom is -0.370 e. The summed E-state index contributed by atoms with van der Waals surface area (Å²) in [5, 5.41) is 16.9. The predicted molar refractivity (Wildman–Crippen MR) is 122 cm³/mol. The van der Waals surface area contributed by atoms with Crippen molar-refractivity contribution in [2.75, 3.05) is 11.9 Å². The van der Waals surface area contributed by atoms with Gasteiger partial charge in [0.2, 0.25) is 0 Å². The lowest BCUT2D eigenvalue weighted by atomic mass is 10.0. The van der Waals surface area contributed by atoms with E-state index in [9.17, 15) is 0 Å². The topological polar surface area (TPSA) is 103 Å². The van der Waals surface area contributed by atoms with Crippen molar-refractivity contribution < 1.29 is 0 Å². The van der Waals surface area contributed by atoms with E-state index in [0.717, 1.165) is 38.7 Å². The third-order valence-electron chi connectivity index (χ3n) is 4.55. The summed E-state index contributed by atoms with van der Waals surface area (Å²) in [6.45, 7) is 0.540. The maximum atomic E-state index is 7.36. The molecule has 2 aromatic carbocycles. The van der Waals surface area contributed by atoms with Gasteiger partial charge in [0, 0.05) is 39.1 Å². The number of pyridine rings is 1. The van der Waals surface area contributed by atoms with Crippen LogP contribution in [-0.2, 0) is 6.42 Å². The Hall–Kier alpha value is -2.67. The van der Waals surface area contributed by atoms with Crippen molar-refractivity contribution >= 4 is 73.9 Å². The molecular weight excluding hydrogens is 431 g/mol. The average molecular weight is 448 g/mol. The second-order valence-corrected chi connectivity index (χ2v) is 7.79. The lowest BCUT2D eigenvalue weighted by Gasteiger charge is -2.11. The van der Waals surface area contributed by atoms with Crippen LogP contribution in [0.3, 0.4) is 0 Å². The number of benzene rings is 2. The summed E-state index contributed by atoms with van der Waals surface area (Å²) in [6.07, 6.45) is 2.30. The third kappa shape index (κ3) is 4.19. The molecule has 0 fully saturated rings. The van der Waals surface area contributed by atoms with Crippen LogP contribution in [0.25, 0.3) is 21.8 Å². The van der Waals surface area contributed by atoms with E-state index in [0.29, 0.717) is 23.0 Å². The van der Waals surface area contributed by atoms with Gasteiger partial charge in [-0.05, 0) is 48.4 Å². The number of nitrogens with one attached hydrogen (secondary N) is 4. The molecule has 0 saturated heterocycles. The van der Waals surface area contributed by atoms with E-state index in [2.05, 4.69) is 26.7 Å². The van der Waals surface area contributed by atoms with E-state index in [1.54, 1.807) is 12.3 Å². The van der Waals surface area contributed by atoms with Crippen molar-refractivity contribution in [3.05, 3.63) is 63.4 Å². The Balaban J connectivity index is 1.80. The van der Waals surface area contributed by atoms with Crippen molar-refractivity contribution in [1.82, 2.24) is 15.3 Å². The molecule has 6 nitrogen and oxygen atoms in total. The molecule has 29 heavy (non-hydrogen) atoms. The predicted octanol–water partition coefficient (Wildman–Crippen LogP) is 5.45. The number of halogens is 3. The van der Waals surface area contributed by atoms with E-state index in [-0.39, 0.29) is 11.1 Å². The van der Waals surface area contributed by atoms with Crippen LogP contribution in [0.4, 0.5) is 11.4 Å². The minimum atomic E-state index is -0.0548. The lowest BCUT2D eigenvalue weighted by Crippen LogP contribution is -2.31. The van der Waals surface area contributed by atoms with Crippen LogP contribution in [0.2, 0.25) is 15.2 Å². The largest absolute Gasteiger partial charge is 0.370 e. The molecule has 6 N–H and O–H groups in total. The number of guanidine groups is 1. The summed E-state index contributed by atoms with van der Waals surface area (Å²) in [4.78, 5) is 7.55. The molecule has 0 aliphatic carbocycles. The van der Waals surface area contributed by atoms with Crippen molar-refractivity contribution in [3.63, 3.8) is 0 Å². The van der Waals surface area contributed by atoms with Gasteiger partial charge in [-0.15, -0.1) is 0 Å². The molecule has 0 radical (unpaired) electrons. The highest BCUT2D eigenvalue weighted by molar-refractivity contribution is 6.41. The van der Waals surface area contributed by atoms with Gasteiger partial charge in [0.1, 0.15) is 5.15 Å². The summed E-state index contributed by atoms with van der Waals surface area (Å²) in [7, 11) is 0. The number of hydrogen-bond acceptors (Lipinski definition) is 3. The number of H-pyrrole nitrogens is 1. The minimum absolute atomic E-state index is 0.0548. The van der Waals surface area contributed by atoms with E-state index in [1.807, 2.05) is 24.3 Å². The average Bonchev–Trinajstić information content (AvgIpc) is 3.03. The van der Waals surface area contributed by atoms with Crippen LogP contribution in [0, 0.1) is 5.41 Å². The molecule has 0 atom stereocenters. The first kappa shape index (κ1) is 19.6. The standard InChI is InChI=1S/C20H17Cl3N6/c21-11-1-2-17-14(6-11)15-7-12(28-13-8-16(22)19(23)27-9-13)5-10(18(15)29-17)3-4-26-20(24)25/h1-2,5-9,28-29H,3-4H2,(H4,24,25,26). The Bertz CT molecular complexity index is 1230. The summed E-state index contributed by atoms with van der Waals surface area (Å²) < 4.78 is 0. The zero-order chi connectivity index (χ0) is 20.5. The maximum Gasteiger partial charge on any atom is 0.185 e. The van der Waals surface area contributed by atoms with Crippen LogP contribution < -0.4 is 16.4 Å². The van der Waals surface area contributed by atoms with Crippen molar-refractivity contribution in [2.45, 2.75) is 6.42 Å². The molecule has 0 spiro atoms. The van der Waals surface area contributed by atoms with Gasteiger partial charge >= 0.3 is 0 Å². The van der Waals surface area contributed by atoms with Gasteiger partial charge in [0.15, 0.2) is 5.96 Å². The van der Waals surface area contributed by atoms with E-state index >= 15 is 0 Å². The number of rotatable bonds is 5. The normalized spacial score (nSPS) is 11.1. The van der Waals surface area contributed by atoms with Gasteiger partial charge in [-0.3, -0.25) is 5.41 Å². The number of hydrogen-bond donors (Lipinski definition) is 5. The van der Waals surface area contributed by atoms with Gasteiger partial charge in [-0.2, -0.15) is 0 Å². The summed E-state index contributed by atoms with van der Waals surface area (Å²) >= 11 is 18.2. The number of fused-ring (bicyclic) bond motifs is 3. The Morgan fingerprint density at radius 1 is 1.07 bits per heavy atom. The van der Waals surface area contributed by atoms with Gasteiger partial charge in [0.25, 0.3) is 0 Å². The molecule has 2 aromatic heterocycles. The molecule has 4 aromatic rings. The molecule has 0 amide bonds. The van der Waals surface area contributed by atoms with Gasteiger partial charge in [-0.25, -0.2) is 4.98 Å². The summed E-state index contributed by atoms with van der Waals surface area (Å²) in [6, 6.07) is 11.6. The Labute approximate surface area is 181 Å². The molecule has 9 heteroatoms. The first-order chi connectivity index (χ1) is 13.9. The van der Waals surface area contributed by atoms with E-state index < -0.39 is 0 Å². The quantitative estimate of drug-likeness (QED) is 0.159. The maximum absolute atomic E-state index is 7.36. The number of aromatic amines is 1. The number of anilines is 2. The highest BCUT2D eigenvalue weighted by Gasteiger charge is 2.12. The molecular formula is C20H17Cl3N6. The van der Waals surface area contributed by atoms with Crippen LogP contribution in [0.5, 0.6) is 0 Å². The molecule has 0 aliphatic rings. The second-order valence-electron chi connectivity index (χ2n) is 6.58. The van der Waals surface area contributed by atoms with Gasteiger partial charge in [-0.1, -0.05) is 34.8 Å². The lowest BCUT2D eigenvalue weighted by molar-refractivity contribution is 0.857. The molecule has 0 aliphatic heterocycles.